The van der Waals surface area contributed by atoms with E-state index in [-0.39, 0.29) is 0 Å². The normalized spacial score (nSPS) is 8.82. The van der Waals surface area contributed by atoms with Gasteiger partial charge in [-0.3, -0.25) is 0 Å². The molecule has 0 saturated heterocycles. The van der Waals surface area contributed by atoms with E-state index in [1.54, 1.807) is 0 Å². The van der Waals surface area contributed by atoms with Crippen molar-refractivity contribution >= 4 is 50.7 Å². The molecule has 0 fully saturated rings. The van der Waals surface area contributed by atoms with E-state index >= 15 is 0 Å². The highest BCUT2D eigenvalue weighted by molar-refractivity contribution is 9.10. The molecule has 0 aliphatic carbocycles. The summed E-state index contributed by atoms with van der Waals surface area (Å²) in [5.74, 6) is 0. The SMILES string of the molecule is ClC(Cl)Br.Clc1ccccc1. The Morgan fingerprint density at radius 2 is 1.45 bits per heavy atom. The predicted molar refractivity (Wildman–Crippen MR) is 55.9 cm³/mol. The van der Waals surface area contributed by atoms with Crippen LogP contribution in [0.4, 0.5) is 0 Å². The van der Waals surface area contributed by atoms with Crippen LogP contribution < -0.4 is 0 Å². The Balaban J connectivity index is 0.000000218. The smallest absolute Gasteiger partial charge is 0.0926 e. The summed E-state index contributed by atoms with van der Waals surface area (Å²) in [5.41, 5.74) is 0. The average Bonchev–Trinajstić information content (AvgIpc) is 1.87. The molecule has 0 atom stereocenters. The van der Waals surface area contributed by atoms with Crippen LogP contribution in [0.15, 0.2) is 30.3 Å². The molecule has 0 saturated carbocycles. The molecule has 4 heteroatoms. The van der Waals surface area contributed by atoms with Crippen LogP contribution in [0.5, 0.6) is 0 Å². The molecule has 62 valence electrons. The van der Waals surface area contributed by atoms with E-state index in [0.717, 1.165) is 5.02 Å². The van der Waals surface area contributed by atoms with Crippen molar-refractivity contribution in [1.82, 2.24) is 0 Å². The Morgan fingerprint density at radius 1 is 1.09 bits per heavy atom. The van der Waals surface area contributed by atoms with Crippen LogP contribution in [-0.2, 0) is 0 Å². The predicted octanol–water partition coefficient (Wildman–Crippen LogP) is 4.48. The summed E-state index contributed by atoms with van der Waals surface area (Å²) in [5, 5.41) is 0.794. The third-order valence-electron chi connectivity index (χ3n) is 0.733. The van der Waals surface area contributed by atoms with Gasteiger partial charge in [-0.2, -0.15) is 0 Å². The minimum atomic E-state index is -0.410. The van der Waals surface area contributed by atoms with Gasteiger partial charge in [0.1, 0.15) is 0 Å². The van der Waals surface area contributed by atoms with E-state index in [9.17, 15) is 0 Å². The van der Waals surface area contributed by atoms with Gasteiger partial charge in [-0.25, -0.2) is 0 Å². The van der Waals surface area contributed by atoms with Gasteiger partial charge >= 0.3 is 0 Å². The fourth-order valence-electron chi connectivity index (χ4n) is 0.415. The molecule has 0 nitrogen and oxygen atoms in total. The van der Waals surface area contributed by atoms with Crippen molar-refractivity contribution in [3.8, 4) is 0 Å². The summed E-state index contributed by atoms with van der Waals surface area (Å²) in [7, 11) is 0. The molecule has 0 amide bonds. The van der Waals surface area contributed by atoms with Crippen molar-refractivity contribution < 1.29 is 0 Å². The van der Waals surface area contributed by atoms with Gasteiger partial charge in [-0.05, 0) is 12.1 Å². The van der Waals surface area contributed by atoms with E-state index in [1.165, 1.54) is 0 Å². The lowest BCUT2D eigenvalue weighted by Crippen LogP contribution is -1.55. The zero-order chi connectivity index (χ0) is 8.69. The average molecular weight is 276 g/mol. The van der Waals surface area contributed by atoms with E-state index in [1.807, 2.05) is 30.3 Å². The fraction of sp³-hybridized carbons (Fsp3) is 0.143. The minimum Gasteiger partial charge on any atom is -0.0926 e. The first kappa shape index (κ1) is 11.6. The second-order valence-electron chi connectivity index (χ2n) is 1.54. The highest BCUT2D eigenvalue weighted by Gasteiger charge is 1.78. The van der Waals surface area contributed by atoms with Crippen LogP contribution in [-0.4, -0.2) is 3.75 Å². The molecule has 0 N–H and O–H groups in total. The van der Waals surface area contributed by atoms with Gasteiger partial charge < -0.3 is 0 Å². The van der Waals surface area contributed by atoms with Gasteiger partial charge in [0, 0.05) is 5.02 Å². The summed E-state index contributed by atoms with van der Waals surface area (Å²) in [6.07, 6.45) is 0. The number of halogens is 4. The molecule has 0 radical (unpaired) electrons. The number of rotatable bonds is 0. The maximum absolute atomic E-state index is 5.54. The summed E-state index contributed by atoms with van der Waals surface area (Å²) < 4.78 is -0.410. The zero-order valence-electron chi connectivity index (χ0n) is 5.48. The number of benzene rings is 1. The molecule has 0 aliphatic rings. The zero-order valence-corrected chi connectivity index (χ0v) is 9.33. The van der Waals surface area contributed by atoms with Crippen LogP contribution in [0.3, 0.4) is 0 Å². The molecule has 0 aliphatic heterocycles. The monoisotopic (exact) mass is 274 g/mol. The number of alkyl halides is 3. The van der Waals surface area contributed by atoms with E-state index in [4.69, 9.17) is 34.8 Å². The van der Waals surface area contributed by atoms with Gasteiger partial charge in [-0.15, -0.1) is 0 Å². The summed E-state index contributed by atoms with van der Waals surface area (Å²) in [6.45, 7) is 0. The highest BCUT2D eigenvalue weighted by Crippen LogP contribution is 2.07. The molecule has 1 aromatic carbocycles. The first-order chi connectivity index (χ1) is 5.13. The molecule has 0 spiro atoms. The minimum absolute atomic E-state index is 0.410. The maximum Gasteiger partial charge on any atom is 0.162 e. The van der Waals surface area contributed by atoms with Gasteiger partial charge in [0.2, 0.25) is 0 Å². The Labute approximate surface area is 89.6 Å². The Morgan fingerprint density at radius 3 is 1.64 bits per heavy atom. The maximum atomic E-state index is 5.54. The van der Waals surface area contributed by atoms with Crippen LogP contribution in [0.2, 0.25) is 5.02 Å². The standard InChI is InChI=1S/C6H5Cl.CHBrCl2/c7-6-4-2-1-3-5-6;2-1(3)4/h1-5H;1H. The third-order valence-corrected chi connectivity index (χ3v) is 0.985. The molecular formula is C7H6BrCl3. The molecule has 0 heterocycles. The molecule has 0 bridgehead atoms. The lowest BCUT2D eigenvalue weighted by molar-refractivity contribution is 1.71. The Bertz CT molecular complexity index is 174. The Kier molecular flexibility index (Phi) is 7.61. The van der Waals surface area contributed by atoms with Crippen LogP contribution in [0.1, 0.15) is 0 Å². The number of hydrogen-bond donors (Lipinski definition) is 0. The van der Waals surface area contributed by atoms with Crippen molar-refractivity contribution in [3.05, 3.63) is 35.4 Å². The molecular weight excluding hydrogens is 270 g/mol. The van der Waals surface area contributed by atoms with Gasteiger partial charge in [0.05, 0.1) is 0 Å². The molecule has 0 aromatic heterocycles. The highest BCUT2D eigenvalue weighted by atomic mass is 79.9. The topological polar surface area (TPSA) is 0 Å². The summed E-state index contributed by atoms with van der Waals surface area (Å²) in [6, 6.07) is 9.44. The van der Waals surface area contributed by atoms with Crippen molar-refractivity contribution in [3.63, 3.8) is 0 Å². The van der Waals surface area contributed by atoms with Crippen molar-refractivity contribution in [1.29, 1.82) is 0 Å². The molecule has 1 aromatic rings. The molecule has 0 unspecified atom stereocenters. The third kappa shape index (κ3) is 10.6. The van der Waals surface area contributed by atoms with E-state index < -0.39 is 3.75 Å². The summed E-state index contributed by atoms with van der Waals surface area (Å²) in [4.78, 5) is 0. The first-order valence-electron chi connectivity index (χ1n) is 2.75. The van der Waals surface area contributed by atoms with Crippen LogP contribution >= 0.6 is 50.7 Å². The van der Waals surface area contributed by atoms with Crippen molar-refractivity contribution in [2.75, 3.05) is 0 Å². The Hall–Kier alpha value is 0.570. The van der Waals surface area contributed by atoms with Crippen molar-refractivity contribution in [2.24, 2.45) is 0 Å². The van der Waals surface area contributed by atoms with E-state index in [2.05, 4.69) is 15.9 Å². The molecule has 1 rings (SSSR count). The van der Waals surface area contributed by atoms with Gasteiger partial charge in [0.25, 0.3) is 0 Å². The molecule has 11 heavy (non-hydrogen) atoms. The fourth-order valence-corrected chi connectivity index (χ4v) is 0.560. The quantitative estimate of drug-likeness (QED) is 0.613. The van der Waals surface area contributed by atoms with Crippen LogP contribution in [0.25, 0.3) is 0 Å². The largest absolute Gasteiger partial charge is 0.162 e. The lowest BCUT2D eigenvalue weighted by Gasteiger charge is -1.80. The van der Waals surface area contributed by atoms with Gasteiger partial charge in [0.15, 0.2) is 3.75 Å². The summed E-state index contributed by atoms with van der Waals surface area (Å²) >= 11 is 18.3. The lowest BCUT2D eigenvalue weighted by atomic mass is 10.4. The first-order valence-corrected chi connectivity index (χ1v) is 4.92. The van der Waals surface area contributed by atoms with Crippen LogP contribution in [0, 0.1) is 0 Å². The van der Waals surface area contributed by atoms with Crippen molar-refractivity contribution in [2.45, 2.75) is 3.75 Å². The second-order valence-corrected chi connectivity index (χ2v) is 5.05. The number of hydrogen-bond acceptors (Lipinski definition) is 0. The van der Waals surface area contributed by atoms with E-state index in [0.29, 0.717) is 0 Å². The second kappa shape index (κ2) is 7.23. The van der Waals surface area contributed by atoms with Gasteiger partial charge in [-0.1, -0.05) is 68.9 Å².